The Balaban J connectivity index is 0.985. The van der Waals surface area contributed by atoms with Crippen LogP contribution in [-0.4, -0.2) is 128 Å². The number of urea groups is 1. The standard InChI is InChI=1S/C49H72N10O7/c1-31(50-3)43(60)56-39(47(64)58-29-13-25-41(58)45(62)54-37-21-9-17-33-15-5-7-19-35(33)37)23-11-27-52-49(66)53-28-12-24-40(57-44(61)32(2)51-4)48(65)59-30-14-26-42(59)46(63)55-38-22-10-18-34-16-6-8-20-36(34)38/h5-8,15-16,19-20,31-32,37-42,50-51H,9-14,17-18,21-30H2,1-4H3,(H,54,62)(H,55,63)(H,56,60)(H,57,61)(H2,52,53,66)/t31-,32-,37+,38+,39-,40-,41-,42-/m0/s1. The monoisotopic (exact) mass is 913 g/mol. The predicted octanol–water partition coefficient (Wildman–Crippen LogP) is 2.40. The Kier molecular flexibility index (Phi) is 18.4. The van der Waals surface area contributed by atoms with E-state index in [1.165, 1.54) is 11.1 Å². The second-order valence-electron chi connectivity index (χ2n) is 18.3. The summed E-state index contributed by atoms with van der Waals surface area (Å²) in [6, 6.07) is 11.4. The number of likely N-dealkylation sites (tertiary alicyclic amines) is 2. The molecular formula is C49H72N10O7. The van der Waals surface area contributed by atoms with Gasteiger partial charge in [0.05, 0.1) is 24.2 Å². The lowest BCUT2D eigenvalue weighted by Gasteiger charge is -2.32. The van der Waals surface area contributed by atoms with E-state index in [4.69, 9.17) is 0 Å². The number of amides is 8. The Hall–Kier alpha value is -5.55. The van der Waals surface area contributed by atoms with Gasteiger partial charge in [0.2, 0.25) is 35.4 Å². The second-order valence-corrected chi connectivity index (χ2v) is 18.3. The highest BCUT2D eigenvalue weighted by Gasteiger charge is 2.40. The van der Waals surface area contributed by atoms with Gasteiger partial charge in [-0.25, -0.2) is 4.79 Å². The Morgan fingerprint density at radius 2 is 0.985 bits per heavy atom. The predicted molar refractivity (Wildman–Crippen MR) is 251 cm³/mol. The Labute approximate surface area is 389 Å². The minimum absolute atomic E-state index is 0.117. The fourth-order valence-corrected chi connectivity index (χ4v) is 9.80. The number of likely N-dealkylation sites (N-methyl/N-ethyl adjacent to an activating group) is 2. The summed E-state index contributed by atoms with van der Waals surface area (Å²) in [5.41, 5.74) is 4.70. The molecule has 66 heavy (non-hydrogen) atoms. The van der Waals surface area contributed by atoms with E-state index in [0.29, 0.717) is 51.6 Å². The Bertz CT molecular complexity index is 1890. The molecule has 2 aliphatic heterocycles. The number of hydrogen-bond acceptors (Lipinski definition) is 9. The number of fused-ring (bicyclic) bond motifs is 2. The molecular weight excluding hydrogens is 841 g/mol. The van der Waals surface area contributed by atoms with Crippen molar-refractivity contribution >= 4 is 41.5 Å². The molecule has 2 aromatic rings. The van der Waals surface area contributed by atoms with Gasteiger partial charge in [-0.3, -0.25) is 28.8 Å². The van der Waals surface area contributed by atoms with E-state index in [-0.39, 0.29) is 73.5 Å². The lowest BCUT2D eigenvalue weighted by Crippen LogP contribution is -2.56. The zero-order chi connectivity index (χ0) is 47.2. The molecule has 2 heterocycles. The van der Waals surface area contributed by atoms with Crippen LogP contribution in [0.4, 0.5) is 4.79 Å². The summed E-state index contributed by atoms with van der Waals surface area (Å²) in [5, 5.41) is 23.6. The molecule has 17 heteroatoms. The number of carbonyl (C=O) groups excluding carboxylic acids is 7. The lowest BCUT2D eigenvalue weighted by atomic mass is 9.87. The van der Waals surface area contributed by atoms with Gasteiger partial charge in [-0.1, -0.05) is 48.5 Å². The molecule has 0 unspecified atom stereocenters. The van der Waals surface area contributed by atoms with E-state index in [2.05, 4.69) is 66.8 Å². The number of benzene rings is 2. The van der Waals surface area contributed by atoms with Gasteiger partial charge < -0.3 is 52.3 Å². The van der Waals surface area contributed by atoms with Gasteiger partial charge in [-0.2, -0.15) is 0 Å². The number of aryl methyl sites for hydroxylation is 2. The Morgan fingerprint density at radius 3 is 1.39 bits per heavy atom. The highest BCUT2D eigenvalue weighted by molar-refractivity contribution is 5.94. The quantitative estimate of drug-likeness (QED) is 0.0914. The molecule has 8 amide bonds. The third-order valence-electron chi connectivity index (χ3n) is 13.8. The van der Waals surface area contributed by atoms with Gasteiger partial charge >= 0.3 is 6.03 Å². The van der Waals surface area contributed by atoms with Gasteiger partial charge in [0, 0.05) is 26.2 Å². The average molecular weight is 913 g/mol. The largest absolute Gasteiger partial charge is 0.347 e. The third-order valence-corrected chi connectivity index (χ3v) is 13.8. The van der Waals surface area contributed by atoms with Crippen molar-refractivity contribution in [1.29, 1.82) is 0 Å². The average Bonchev–Trinajstić information content (AvgIpc) is 4.04. The van der Waals surface area contributed by atoms with Crippen LogP contribution in [0.2, 0.25) is 0 Å². The minimum Gasteiger partial charge on any atom is -0.347 e. The van der Waals surface area contributed by atoms with Gasteiger partial charge in [0.25, 0.3) is 0 Å². The summed E-state index contributed by atoms with van der Waals surface area (Å²) in [6.45, 7) is 4.63. The normalized spacial score (nSPS) is 21.8. The first-order chi connectivity index (χ1) is 31.9. The molecule has 6 rings (SSSR count). The topological polar surface area (TPSA) is 222 Å². The van der Waals surface area contributed by atoms with Crippen molar-refractivity contribution in [3.63, 3.8) is 0 Å². The molecule has 2 aromatic carbocycles. The Morgan fingerprint density at radius 1 is 0.576 bits per heavy atom. The lowest BCUT2D eigenvalue weighted by molar-refractivity contribution is -0.142. The molecule has 8 atom stereocenters. The van der Waals surface area contributed by atoms with Gasteiger partial charge in [0.15, 0.2) is 0 Å². The van der Waals surface area contributed by atoms with Crippen molar-refractivity contribution < 1.29 is 33.6 Å². The van der Waals surface area contributed by atoms with Crippen LogP contribution in [0, 0.1) is 0 Å². The van der Waals surface area contributed by atoms with Crippen LogP contribution >= 0.6 is 0 Å². The molecule has 0 saturated carbocycles. The van der Waals surface area contributed by atoms with Crippen LogP contribution in [0.5, 0.6) is 0 Å². The molecule has 0 spiro atoms. The van der Waals surface area contributed by atoms with E-state index in [0.717, 1.165) is 49.7 Å². The van der Waals surface area contributed by atoms with Crippen molar-refractivity contribution in [1.82, 2.24) is 52.3 Å². The number of rotatable bonds is 20. The van der Waals surface area contributed by atoms with Crippen molar-refractivity contribution in [2.24, 2.45) is 0 Å². The SMILES string of the molecule is CN[C@@H](C)C(=O)N[C@@H](CCCNC(=O)NCCC[C@H](NC(=O)[C@H](C)NC)C(=O)N1CCC[C@H]1C(=O)N[C@@H]1CCCc2ccccc21)C(=O)N1CCC[C@H]1C(=O)N[C@@H]1CCCc2ccccc21. The molecule has 17 nitrogen and oxygen atoms in total. The number of nitrogens with zero attached hydrogens (tertiary/aromatic N) is 2. The summed E-state index contributed by atoms with van der Waals surface area (Å²) in [7, 11) is 3.32. The highest BCUT2D eigenvalue weighted by Crippen LogP contribution is 2.32. The molecule has 4 aliphatic rings. The van der Waals surface area contributed by atoms with Crippen molar-refractivity contribution in [2.45, 2.75) is 152 Å². The van der Waals surface area contributed by atoms with E-state index in [9.17, 15) is 33.6 Å². The first-order valence-electron chi connectivity index (χ1n) is 24.2. The number of carbonyl (C=O) groups is 7. The zero-order valence-electron chi connectivity index (χ0n) is 39.2. The van der Waals surface area contributed by atoms with Crippen molar-refractivity contribution in [3.05, 3.63) is 70.8 Å². The molecule has 0 radical (unpaired) electrons. The van der Waals surface area contributed by atoms with Gasteiger partial charge in [-0.15, -0.1) is 0 Å². The van der Waals surface area contributed by atoms with E-state index in [1.807, 2.05) is 24.3 Å². The van der Waals surface area contributed by atoms with E-state index < -0.39 is 42.3 Å². The second kappa shape index (κ2) is 24.3. The molecule has 2 fully saturated rings. The van der Waals surface area contributed by atoms with Crippen LogP contribution in [-0.2, 0) is 41.6 Å². The van der Waals surface area contributed by atoms with E-state index >= 15 is 0 Å². The van der Waals surface area contributed by atoms with Crippen molar-refractivity contribution in [2.75, 3.05) is 40.3 Å². The summed E-state index contributed by atoms with van der Waals surface area (Å²) >= 11 is 0. The van der Waals surface area contributed by atoms with Crippen LogP contribution in [0.25, 0.3) is 0 Å². The van der Waals surface area contributed by atoms with Crippen LogP contribution in [0.1, 0.15) is 125 Å². The maximum atomic E-state index is 14.1. The maximum absolute atomic E-state index is 14.1. The minimum atomic E-state index is -0.900. The summed E-state index contributed by atoms with van der Waals surface area (Å²) < 4.78 is 0. The van der Waals surface area contributed by atoms with Crippen LogP contribution < -0.4 is 42.5 Å². The number of nitrogens with one attached hydrogen (secondary N) is 8. The van der Waals surface area contributed by atoms with Gasteiger partial charge in [-0.05, 0) is 140 Å². The van der Waals surface area contributed by atoms with Crippen molar-refractivity contribution in [3.8, 4) is 0 Å². The maximum Gasteiger partial charge on any atom is 0.314 e. The molecule has 8 N–H and O–H groups in total. The zero-order valence-corrected chi connectivity index (χ0v) is 39.2. The third kappa shape index (κ3) is 12.9. The molecule has 0 bridgehead atoms. The molecule has 360 valence electrons. The smallest absolute Gasteiger partial charge is 0.314 e. The van der Waals surface area contributed by atoms with Gasteiger partial charge in [0.1, 0.15) is 24.2 Å². The summed E-state index contributed by atoms with van der Waals surface area (Å²) in [6.07, 6.45) is 9.15. The van der Waals surface area contributed by atoms with Crippen LogP contribution in [0.3, 0.4) is 0 Å². The first kappa shape index (κ1) is 49.9. The molecule has 2 saturated heterocycles. The highest BCUT2D eigenvalue weighted by atomic mass is 16.2. The van der Waals surface area contributed by atoms with E-state index in [1.54, 1.807) is 37.7 Å². The summed E-state index contributed by atoms with van der Waals surface area (Å²) in [4.78, 5) is 97.9. The summed E-state index contributed by atoms with van der Waals surface area (Å²) in [5.74, 6) is -1.72. The fourth-order valence-electron chi connectivity index (χ4n) is 9.80. The van der Waals surface area contributed by atoms with Crippen LogP contribution in [0.15, 0.2) is 48.5 Å². The first-order valence-corrected chi connectivity index (χ1v) is 24.2. The molecule has 0 aromatic heterocycles. The molecule has 2 aliphatic carbocycles. The number of hydrogen-bond donors (Lipinski definition) is 8. The fraction of sp³-hybridized carbons (Fsp3) is 0.612.